The zero-order valence-electron chi connectivity index (χ0n) is 12.6. The summed E-state index contributed by atoms with van der Waals surface area (Å²) < 4.78 is 5.22. The number of likely N-dealkylation sites (N-methyl/N-ethyl adjacent to an activating group) is 1. The summed E-state index contributed by atoms with van der Waals surface area (Å²) in [6, 6.07) is 0. The third-order valence-electron chi connectivity index (χ3n) is 2.68. The number of nitrogens with zero attached hydrogens (tertiary/aromatic N) is 2. The highest BCUT2D eigenvalue weighted by atomic mass is 16.6. The minimum Gasteiger partial charge on any atom is -0.444 e. The molecule has 0 aromatic rings. The minimum atomic E-state index is -0.585. The van der Waals surface area contributed by atoms with Gasteiger partial charge in [-0.15, -0.1) is 0 Å². The summed E-state index contributed by atoms with van der Waals surface area (Å²) in [7, 11) is 0. The van der Waals surface area contributed by atoms with Crippen LogP contribution in [0.5, 0.6) is 0 Å². The fourth-order valence-electron chi connectivity index (χ4n) is 1.78. The van der Waals surface area contributed by atoms with E-state index in [2.05, 4.69) is 5.32 Å². The molecule has 1 heterocycles. The van der Waals surface area contributed by atoms with Gasteiger partial charge in [0.15, 0.2) is 0 Å². The van der Waals surface area contributed by atoms with Gasteiger partial charge in [0.1, 0.15) is 12.1 Å². The Labute approximate surface area is 119 Å². The first-order chi connectivity index (χ1) is 9.23. The molecule has 114 valence electrons. The molecule has 0 bridgehead atoms. The smallest absolute Gasteiger partial charge is 0.410 e. The molecule has 3 amide bonds. The molecule has 0 atom stereocenters. The summed E-state index contributed by atoms with van der Waals surface area (Å²) in [5.74, 6) is -0.431. The van der Waals surface area contributed by atoms with Gasteiger partial charge in [0, 0.05) is 19.6 Å². The monoisotopic (exact) mass is 285 g/mol. The minimum absolute atomic E-state index is 0.0365. The van der Waals surface area contributed by atoms with Gasteiger partial charge in [-0.05, 0) is 27.7 Å². The van der Waals surface area contributed by atoms with Crippen LogP contribution in [0.25, 0.3) is 0 Å². The van der Waals surface area contributed by atoms with E-state index in [0.717, 1.165) is 0 Å². The summed E-state index contributed by atoms with van der Waals surface area (Å²) in [5, 5.41) is 2.64. The zero-order valence-corrected chi connectivity index (χ0v) is 12.6. The normalized spacial score (nSPS) is 16.1. The molecule has 7 nitrogen and oxygen atoms in total. The Morgan fingerprint density at radius 3 is 2.45 bits per heavy atom. The van der Waals surface area contributed by atoms with Crippen molar-refractivity contribution in [1.29, 1.82) is 0 Å². The summed E-state index contributed by atoms with van der Waals surface area (Å²) in [4.78, 5) is 38.0. The molecule has 0 aliphatic carbocycles. The number of piperazine rings is 1. The van der Waals surface area contributed by atoms with E-state index >= 15 is 0 Å². The lowest BCUT2D eigenvalue weighted by Crippen LogP contribution is -2.55. The van der Waals surface area contributed by atoms with Gasteiger partial charge in [-0.2, -0.15) is 0 Å². The number of ether oxygens (including phenoxy) is 1. The van der Waals surface area contributed by atoms with E-state index in [1.165, 1.54) is 9.80 Å². The van der Waals surface area contributed by atoms with E-state index in [4.69, 9.17) is 4.74 Å². The largest absolute Gasteiger partial charge is 0.444 e. The Morgan fingerprint density at radius 2 is 1.95 bits per heavy atom. The van der Waals surface area contributed by atoms with E-state index < -0.39 is 11.7 Å². The van der Waals surface area contributed by atoms with Crippen LogP contribution in [0.4, 0.5) is 4.79 Å². The van der Waals surface area contributed by atoms with Crippen LogP contribution in [0.2, 0.25) is 0 Å². The number of nitrogens with one attached hydrogen (secondary N) is 1. The quantitative estimate of drug-likeness (QED) is 0.803. The van der Waals surface area contributed by atoms with Crippen LogP contribution >= 0.6 is 0 Å². The van der Waals surface area contributed by atoms with E-state index in [9.17, 15) is 14.4 Å². The first kappa shape index (κ1) is 16.3. The van der Waals surface area contributed by atoms with Crippen LogP contribution in [0, 0.1) is 0 Å². The van der Waals surface area contributed by atoms with Crippen molar-refractivity contribution in [2.45, 2.75) is 33.3 Å². The van der Waals surface area contributed by atoms with Gasteiger partial charge in [0.25, 0.3) is 0 Å². The molecule has 0 saturated carbocycles. The van der Waals surface area contributed by atoms with Gasteiger partial charge < -0.3 is 15.0 Å². The molecule has 0 spiro atoms. The van der Waals surface area contributed by atoms with Gasteiger partial charge in [0.05, 0.1) is 6.54 Å². The molecule has 1 aliphatic heterocycles. The predicted octanol–water partition coefficient (Wildman–Crippen LogP) is 0.202. The molecule has 7 heteroatoms. The Bertz CT molecular complexity index is 390. The maximum atomic E-state index is 11.9. The molecule has 1 saturated heterocycles. The van der Waals surface area contributed by atoms with Gasteiger partial charge in [-0.3, -0.25) is 14.5 Å². The van der Waals surface area contributed by atoms with Gasteiger partial charge in [-0.1, -0.05) is 0 Å². The number of carbonyl (C=O) groups is 3. The lowest BCUT2D eigenvalue weighted by Gasteiger charge is -2.34. The highest BCUT2D eigenvalue weighted by Gasteiger charge is 2.30. The zero-order chi connectivity index (χ0) is 15.3. The molecule has 0 radical (unpaired) electrons. The van der Waals surface area contributed by atoms with Gasteiger partial charge >= 0.3 is 6.09 Å². The second-order valence-electron chi connectivity index (χ2n) is 5.67. The number of carbonyl (C=O) groups excluding carboxylic acids is 3. The average Bonchev–Trinajstić information content (AvgIpc) is 2.29. The number of hydrogen-bond donors (Lipinski definition) is 1. The lowest BCUT2D eigenvalue weighted by atomic mass is 10.2. The van der Waals surface area contributed by atoms with Crippen LogP contribution in [0.15, 0.2) is 0 Å². The van der Waals surface area contributed by atoms with Gasteiger partial charge in [-0.25, -0.2) is 4.79 Å². The standard InChI is InChI=1S/C13H23N3O4/c1-5-14-10(17)8-15-6-7-16(9-11(15)18)12(19)20-13(2,3)4/h5-9H2,1-4H3,(H,14,17). The molecule has 1 aliphatic rings. The fraction of sp³-hybridized carbons (Fsp3) is 0.769. The van der Waals surface area contributed by atoms with Crippen molar-refractivity contribution in [3.05, 3.63) is 0 Å². The number of rotatable bonds is 3. The Hall–Kier alpha value is -1.79. The summed E-state index contributed by atoms with van der Waals surface area (Å²) in [6.07, 6.45) is -0.497. The highest BCUT2D eigenvalue weighted by Crippen LogP contribution is 2.12. The highest BCUT2D eigenvalue weighted by molar-refractivity contribution is 5.88. The summed E-state index contributed by atoms with van der Waals surface area (Å²) in [6.45, 7) is 8.39. The predicted molar refractivity (Wildman–Crippen MR) is 73.1 cm³/mol. The van der Waals surface area contributed by atoms with E-state index in [-0.39, 0.29) is 24.9 Å². The van der Waals surface area contributed by atoms with Crippen LogP contribution < -0.4 is 5.32 Å². The van der Waals surface area contributed by atoms with Crippen LogP contribution in [-0.4, -0.2) is 66.0 Å². The average molecular weight is 285 g/mol. The van der Waals surface area contributed by atoms with Crippen molar-refractivity contribution in [2.75, 3.05) is 32.7 Å². The van der Waals surface area contributed by atoms with Crippen molar-refractivity contribution in [1.82, 2.24) is 15.1 Å². The maximum Gasteiger partial charge on any atom is 0.410 e. The molecular weight excluding hydrogens is 262 g/mol. The molecule has 1 N–H and O–H groups in total. The van der Waals surface area contributed by atoms with Crippen LogP contribution in [0.1, 0.15) is 27.7 Å². The first-order valence-corrected chi connectivity index (χ1v) is 6.75. The third-order valence-corrected chi connectivity index (χ3v) is 2.68. The summed E-state index contributed by atoms with van der Waals surface area (Å²) >= 11 is 0. The van der Waals surface area contributed by atoms with Gasteiger partial charge in [0.2, 0.25) is 11.8 Å². The van der Waals surface area contributed by atoms with Crippen molar-refractivity contribution < 1.29 is 19.1 Å². The molecule has 20 heavy (non-hydrogen) atoms. The third kappa shape index (κ3) is 5.07. The first-order valence-electron chi connectivity index (χ1n) is 6.75. The Kier molecular flexibility index (Phi) is 5.35. The van der Waals surface area contributed by atoms with Crippen molar-refractivity contribution in [3.63, 3.8) is 0 Å². The second-order valence-corrected chi connectivity index (χ2v) is 5.67. The Balaban J connectivity index is 2.49. The second kappa shape index (κ2) is 6.58. The maximum absolute atomic E-state index is 11.9. The van der Waals surface area contributed by atoms with E-state index in [0.29, 0.717) is 19.6 Å². The summed E-state index contributed by atoms with van der Waals surface area (Å²) in [5.41, 5.74) is -0.585. The number of amides is 3. The van der Waals surface area contributed by atoms with Crippen molar-refractivity contribution in [3.8, 4) is 0 Å². The van der Waals surface area contributed by atoms with E-state index in [1.54, 1.807) is 20.8 Å². The van der Waals surface area contributed by atoms with Crippen molar-refractivity contribution in [2.24, 2.45) is 0 Å². The molecule has 1 fully saturated rings. The lowest BCUT2D eigenvalue weighted by molar-refractivity contribution is -0.139. The molecule has 0 aromatic heterocycles. The fourth-order valence-corrected chi connectivity index (χ4v) is 1.78. The molecule has 0 unspecified atom stereocenters. The van der Waals surface area contributed by atoms with Crippen LogP contribution in [-0.2, 0) is 14.3 Å². The van der Waals surface area contributed by atoms with E-state index in [1.807, 2.05) is 6.92 Å². The Morgan fingerprint density at radius 1 is 1.30 bits per heavy atom. The van der Waals surface area contributed by atoms with Crippen molar-refractivity contribution >= 4 is 17.9 Å². The molecular formula is C13H23N3O4. The molecule has 1 rings (SSSR count). The SMILES string of the molecule is CCNC(=O)CN1CCN(C(=O)OC(C)(C)C)CC1=O. The van der Waals surface area contributed by atoms with Crippen LogP contribution in [0.3, 0.4) is 0 Å². The molecule has 0 aromatic carbocycles. The topological polar surface area (TPSA) is 79.0 Å². The number of hydrogen-bond acceptors (Lipinski definition) is 4.